The number of likely N-dealkylation sites (N-methyl/N-ethyl adjacent to an activating group) is 1. The summed E-state index contributed by atoms with van der Waals surface area (Å²) in [6, 6.07) is 5.24. The number of hydrogen-bond donors (Lipinski definition) is 1. The molecule has 0 saturated carbocycles. The first-order valence-corrected chi connectivity index (χ1v) is 6.54. The first-order chi connectivity index (χ1) is 9.47. The molecule has 0 unspecified atom stereocenters. The molecule has 1 aliphatic rings. The topological polar surface area (TPSA) is 60.9 Å². The van der Waals surface area contributed by atoms with Crippen LogP contribution in [0.2, 0.25) is 5.02 Å². The fourth-order valence-corrected chi connectivity index (χ4v) is 2.25. The van der Waals surface area contributed by atoms with E-state index >= 15 is 0 Å². The third-order valence-corrected chi connectivity index (χ3v) is 3.43. The Morgan fingerprint density at radius 3 is 2.80 bits per heavy atom. The van der Waals surface area contributed by atoms with E-state index in [0.29, 0.717) is 23.7 Å². The van der Waals surface area contributed by atoms with Crippen molar-refractivity contribution in [2.75, 3.05) is 31.6 Å². The van der Waals surface area contributed by atoms with Crippen LogP contribution in [0.3, 0.4) is 0 Å². The predicted molar refractivity (Wildman–Crippen MR) is 78.0 cm³/mol. The van der Waals surface area contributed by atoms with Crippen molar-refractivity contribution in [1.29, 1.82) is 0 Å². The molecule has 2 rings (SSSR count). The normalized spacial score (nSPS) is 16.0. The van der Waals surface area contributed by atoms with Gasteiger partial charge in [0.05, 0.1) is 6.54 Å². The molecule has 1 aromatic rings. The third kappa shape index (κ3) is 3.30. The maximum atomic E-state index is 11.8. The highest BCUT2D eigenvalue weighted by Crippen LogP contribution is 2.26. The maximum absolute atomic E-state index is 11.8. The number of carbonyl (C=O) groups is 2. The van der Waals surface area contributed by atoms with Gasteiger partial charge in [-0.25, -0.2) is 4.79 Å². The minimum Gasteiger partial charge on any atom is -0.478 e. The number of piperazine rings is 1. The zero-order valence-electron chi connectivity index (χ0n) is 11.0. The van der Waals surface area contributed by atoms with Gasteiger partial charge in [0, 0.05) is 36.9 Å². The van der Waals surface area contributed by atoms with Gasteiger partial charge in [-0.2, -0.15) is 0 Å². The van der Waals surface area contributed by atoms with Gasteiger partial charge in [-0.15, -0.1) is 0 Å². The summed E-state index contributed by atoms with van der Waals surface area (Å²) in [5.41, 5.74) is 1.51. The Balaban J connectivity index is 2.31. The lowest BCUT2D eigenvalue weighted by molar-refractivity contribution is -0.131. The van der Waals surface area contributed by atoms with Crippen molar-refractivity contribution in [1.82, 2.24) is 4.90 Å². The van der Waals surface area contributed by atoms with Crippen LogP contribution in [0.15, 0.2) is 24.3 Å². The molecule has 0 aliphatic carbocycles. The smallest absolute Gasteiger partial charge is 0.328 e. The molecule has 0 bridgehead atoms. The quantitative estimate of drug-likeness (QED) is 0.862. The zero-order valence-corrected chi connectivity index (χ0v) is 11.8. The fraction of sp³-hybridized carbons (Fsp3) is 0.286. The monoisotopic (exact) mass is 294 g/mol. The summed E-state index contributed by atoms with van der Waals surface area (Å²) in [6.45, 7) is 1.63. The molecule has 6 heteroatoms. The molecule has 0 atom stereocenters. The Labute approximate surface area is 122 Å². The molecular weight excluding hydrogens is 280 g/mol. The van der Waals surface area contributed by atoms with Gasteiger partial charge in [0.2, 0.25) is 5.91 Å². The van der Waals surface area contributed by atoms with Crippen molar-refractivity contribution in [3.63, 3.8) is 0 Å². The first-order valence-electron chi connectivity index (χ1n) is 6.17. The van der Waals surface area contributed by atoms with Gasteiger partial charge in [0.25, 0.3) is 0 Å². The largest absolute Gasteiger partial charge is 0.478 e. The van der Waals surface area contributed by atoms with Crippen LogP contribution in [0.1, 0.15) is 5.56 Å². The second-order valence-electron chi connectivity index (χ2n) is 4.61. The number of carboxylic acid groups (broad SMARTS) is 1. The average Bonchev–Trinajstić information content (AvgIpc) is 2.40. The number of nitrogens with zero attached hydrogens (tertiary/aromatic N) is 2. The zero-order chi connectivity index (χ0) is 14.7. The van der Waals surface area contributed by atoms with Gasteiger partial charge in [0.1, 0.15) is 0 Å². The molecule has 1 heterocycles. The molecule has 106 valence electrons. The molecule has 5 nitrogen and oxygen atoms in total. The molecule has 20 heavy (non-hydrogen) atoms. The highest BCUT2D eigenvalue weighted by atomic mass is 35.5. The summed E-state index contributed by atoms with van der Waals surface area (Å²) in [6.07, 6.45) is 2.55. The van der Waals surface area contributed by atoms with Crippen LogP contribution in [0.5, 0.6) is 0 Å². The lowest BCUT2D eigenvalue weighted by atomic mass is 10.1. The van der Waals surface area contributed by atoms with Gasteiger partial charge in [-0.05, 0) is 29.8 Å². The standard InChI is InChI=1S/C14H15ClN2O3/c1-16-6-7-17(9-13(16)18)12-4-3-11(15)8-10(12)2-5-14(19)20/h2-5,8H,6-7,9H2,1H3,(H,19,20)/b5-2+. The highest BCUT2D eigenvalue weighted by Gasteiger charge is 2.22. The van der Waals surface area contributed by atoms with Crippen molar-refractivity contribution in [2.45, 2.75) is 0 Å². The van der Waals surface area contributed by atoms with E-state index < -0.39 is 5.97 Å². The Hall–Kier alpha value is -2.01. The molecule has 1 fully saturated rings. The van der Waals surface area contributed by atoms with Crippen LogP contribution in [-0.2, 0) is 9.59 Å². The highest BCUT2D eigenvalue weighted by molar-refractivity contribution is 6.30. The van der Waals surface area contributed by atoms with Gasteiger partial charge in [-0.3, -0.25) is 4.79 Å². The lowest BCUT2D eigenvalue weighted by Crippen LogP contribution is -2.48. The van der Waals surface area contributed by atoms with E-state index in [9.17, 15) is 9.59 Å². The van der Waals surface area contributed by atoms with Crippen LogP contribution in [0, 0.1) is 0 Å². The molecule has 1 saturated heterocycles. The van der Waals surface area contributed by atoms with Crippen molar-refractivity contribution in [3.05, 3.63) is 34.9 Å². The SMILES string of the molecule is CN1CCN(c2ccc(Cl)cc2/C=C/C(=O)O)CC1=O. The van der Waals surface area contributed by atoms with Crippen LogP contribution in [0.25, 0.3) is 6.08 Å². The Morgan fingerprint density at radius 2 is 2.15 bits per heavy atom. The Morgan fingerprint density at radius 1 is 1.40 bits per heavy atom. The van der Waals surface area contributed by atoms with Crippen LogP contribution in [0.4, 0.5) is 5.69 Å². The lowest BCUT2D eigenvalue weighted by Gasteiger charge is -2.34. The van der Waals surface area contributed by atoms with Gasteiger partial charge in [0.15, 0.2) is 0 Å². The minimum atomic E-state index is -1.02. The molecule has 1 N–H and O–H groups in total. The van der Waals surface area contributed by atoms with Gasteiger partial charge in [-0.1, -0.05) is 11.6 Å². The van der Waals surface area contributed by atoms with E-state index in [-0.39, 0.29) is 12.5 Å². The summed E-state index contributed by atoms with van der Waals surface area (Å²) < 4.78 is 0. The third-order valence-electron chi connectivity index (χ3n) is 3.19. The summed E-state index contributed by atoms with van der Waals surface area (Å²) in [4.78, 5) is 26.0. The number of carboxylic acids is 1. The van der Waals surface area contributed by atoms with E-state index in [4.69, 9.17) is 16.7 Å². The van der Waals surface area contributed by atoms with Gasteiger partial charge < -0.3 is 14.9 Å². The van der Waals surface area contributed by atoms with Crippen molar-refractivity contribution >= 4 is 35.2 Å². The molecule has 1 aromatic carbocycles. The van der Waals surface area contributed by atoms with Crippen LogP contribution >= 0.6 is 11.6 Å². The number of benzene rings is 1. The minimum absolute atomic E-state index is 0.0411. The Kier molecular flexibility index (Phi) is 4.29. The molecule has 0 aromatic heterocycles. The van der Waals surface area contributed by atoms with Crippen LogP contribution in [-0.4, -0.2) is 48.6 Å². The van der Waals surface area contributed by atoms with E-state index in [0.717, 1.165) is 11.8 Å². The number of halogens is 1. The second kappa shape index (κ2) is 5.96. The maximum Gasteiger partial charge on any atom is 0.328 e. The van der Waals surface area contributed by atoms with Crippen molar-refractivity contribution < 1.29 is 14.7 Å². The van der Waals surface area contributed by atoms with Crippen LogP contribution < -0.4 is 4.90 Å². The molecule has 1 amide bonds. The van der Waals surface area contributed by atoms with E-state index in [2.05, 4.69) is 0 Å². The number of hydrogen-bond acceptors (Lipinski definition) is 3. The number of carbonyl (C=O) groups excluding carboxylic acids is 1. The second-order valence-corrected chi connectivity index (χ2v) is 5.05. The summed E-state index contributed by atoms with van der Waals surface area (Å²) in [5.74, 6) is -0.982. The van der Waals surface area contributed by atoms with E-state index in [1.807, 2.05) is 11.0 Å². The number of anilines is 1. The molecular formula is C14H15ClN2O3. The first kappa shape index (κ1) is 14.4. The Bertz CT molecular complexity index is 572. The van der Waals surface area contributed by atoms with Crippen molar-refractivity contribution in [3.8, 4) is 0 Å². The molecule has 0 radical (unpaired) electrons. The summed E-state index contributed by atoms with van der Waals surface area (Å²) in [5, 5.41) is 9.26. The van der Waals surface area contributed by atoms with Crippen molar-refractivity contribution in [2.24, 2.45) is 0 Å². The van der Waals surface area contributed by atoms with Gasteiger partial charge >= 0.3 is 5.97 Å². The summed E-state index contributed by atoms with van der Waals surface area (Å²) >= 11 is 5.95. The van der Waals surface area contributed by atoms with E-state index in [1.54, 1.807) is 24.1 Å². The average molecular weight is 295 g/mol. The number of aliphatic carboxylic acids is 1. The molecule has 1 aliphatic heterocycles. The summed E-state index contributed by atoms with van der Waals surface area (Å²) in [7, 11) is 1.77. The number of rotatable bonds is 3. The predicted octanol–water partition coefficient (Wildman–Crippen LogP) is 1.72. The fourth-order valence-electron chi connectivity index (χ4n) is 2.07. The number of amides is 1. The molecule has 0 spiro atoms. The van der Waals surface area contributed by atoms with E-state index in [1.165, 1.54) is 6.08 Å².